The summed E-state index contributed by atoms with van der Waals surface area (Å²) < 4.78 is 20.9. The van der Waals surface area contributed by atoms with E-state index in [1.807, 2.05) is 24.4 Å². The third kappa shape index (κ3) is 6.51. The van der Waals surface area contributed by atoms with Gasteiger partial charge in [0.25, 0.3) is 0 Å². The van der Waals surface area contributed by atoms with Crippen molar-refractivity contribution in [1.29, 1.82) is 0 Å². The quantitative estimate of drug-likeness (QED) is 0.444. The molecule has 0 atom stereocenters. The lowest BCUT2D eigenvalue weighted by atomic mass is 9.73. The van der Waals surface area contributed by atoms with Gasteiger partial charge in [0, 0.05) is 37.9 Å². The second kappa shape index (κ2) is 12.0. The summed E-state index contributed by atoms with van der Waals surface area (Å²) in [5.74, 6) is 0.885. The SMILES string of the molecule is Fc1ccccc1CN1CCOc2ccccc2CCCCC2(CCN(Cc3ccccn3)CC2)C1. The van der Waals surface area contributed by atoms with E-state index < -0.39 is 0 Å². The molecule has 5 heteroatoms. The summed E-state index contributed by atoms with van der Waals surface area (Å²) in [6, 6.07) is 21.8. The number of aromatic nitrogens is 1. The molecule has 3 aromatic rings. The Balaban J connectivity index is 1.32. The number of likely N-dealkylation sites (tertiary alicyclic amines) is 1. The summed E-state index contributed by atoms with van der Waals surface area (Å²) in [6.07, 6.45) is 8.90. The first-order valence-electron chi connectivity index (χ1n) is 13.5. The summed E-state index contributed by atoms with van der Waals surface area (Å²) in [5.41, 5.74) is 3.47. The van der Waals surface area contributed by atoms with Crippen molar-refractivity contribution in [1.82, 2.24) is 14.8 Å². The molecule has 2 aliphatic heterocycles. The average Bonchev–Trinajstić information content (AvgIpc) is 2.90. The van der Waals surface area contributed by atoms with E-state index in [0.29, 0.717) is 13.2 Å². The van der Waals surface area contributed by atoms with Gasteiger partial charge in [-0.3, -0.25) is 14.8 Å². The molecule has 0 aliphatic carbocycles. The van der Waals surface area contributed by atoms with Gasteiger partial charge in [0.1, 0.15) is 18.2 Å². The molecule has 1 aromatic heterocycles. The number of para-hydroxylation sites is 1. The molecule has 0 radical (unpaired) electrons. The van der Waals surface area contributed by atoms with Crippen LogP contribution in [-0.4, -0.2) is 47.6 Å². The molecule has 1 fully saturated rings. The molecule has 190 valence electrons. The van der Waals surface area contributed by atoms with Crippen molar-refractivity contribution in [3.8, 4) is 5.75 Å². The van der Waals surface area contributed by atoms with Crippen LogP contribution in [0.5, 0.6) is 5.75 Å². The van der Waals surface area contributed by atoms with Crippen molar-refractivity contribution in [3.63, 3.8) is 0 Å². The Bertz CT molecular complexity index is 1100. The first kappa shape index (κ1) is 24.9. The summed E-state index contributed by atoms with van der Waals surface area (Å²) in [6.45, 7) is 6.11. The minimum absolute atomic E-state index is 0.117. The maximum Gasteiger partial charge on any atom is 0.127 e. The van der Waals surface area contributed by atoms with E-state index in [-0.39, 0.29) is 11.2 Å². The van der Waals surface area contributed by atoms with Crippen molar-refractivity contribution >= 4 is 0 Å². The van der Waals surface area contributed by atoms with E-state index in [1.165, 1.54) is 37.7 Å². The number of fused-ring (bicyclic) bond motifs is 1. The normalized spacial score (nSPS) is 19.6. The molecule has 0 saturated carbocycles. The Kier molecular flexibility index (Phi) is 8.29. The van der Waals surface area contributed by atoms with Gasteiger partial charge in [0.2, 0.25) is 0 Å². The highest BCUT2D eigenvalue weighted by atomic mass is 19.1. The van der Waals surface area contributed by atoms with E-state index in [9.17, 15) is 4.39 Å². The molecule has 0 bridgehead atoms. The van der Waals surface area contributed by atoms with Gasteiger partial charge in [0.15, 0.2) is 0 Å². The van der Waals surface area contributed by atoms with Gasteiger partial charge in [-0.15, -0.1) is 0 Å². The molecule has 0 unspecified atom stereocenters. The largest absolute Gasteiger partial charge is 0.492 e. The second-order valence-corrected chi connectivity index (χ2v) is 10.6. The van der Waals surface area contributed by atoms with E-state index in [0.717, 1.165) is 56.2 Å². The van der Waals surface area contributed by atoms with Gasteiger partial charge < -0.3 is 4.74 Å². The van der Waals surface area contributed by atoms with Gasteiger partial charge in [-0.25, -0.2) is 4.39 Å². The van der Waals surface area contributed by atoms with Crippen molar-refractivity contribution in [3.05, 3.63) is 95.6 Å². The summed E-state index contributed by atoms with van der Waals surface area (Å²) >= 11 is 0. The summed E-state index contributed by atoms with van der Waals surface area (Å²) in [4.78, 5) is 9.52. The predicted molar refractivity (Wildman–Crippen MR) is 142 cm³/mol. The maximum absolute atomic E-state index is 14.6. The fraction of sp³-hybridized carbons (Fsp3) is 0.452. The molecule has 3 heterocycles. The number of aryl methyl sites for hydroxylation is 1. The molecule has 5 rings (SSSR count). The lowest BCUT2D eigenvalue weighted by Gasteiger charge is -2.45. The monoisotopic (exact) mass is 487 g/mol. The lowest BCUT2D eigenvalue weighted by Crippen LogP contribution is -2.47. The van der Waals surface area contributed by atoms with Crippen LogP contribution in [-0.2, 0) is 19.5 Å². The van der Waals surface area contributed by atoms with Crippen LogP contribution in [0.2, 0.25) is 0 Å². The Morgan fingerprint density at radius 3 is 2.44 bits per heavy atom. The van der Waals surface area contributed by atoms with Gasteiger partial charge in [-0.1, -0.05) is 48.9 Å². The van der Waals surface area contributed by atoms with Crippen LogP contribution >= 0.6 is 0 Å². The fourth-order valence-electron chi connectivity index (χ4n) is 5.90. The first-order chi connectivity index (χ1) is 17.7. The second-order valence-electron chi connectivity index (χ2n) is 10.6. The number of ether oxygens (including phenoxy) is 1. The molecule has 1 saturated heterocycles. The van der Waals surface area contributed by atoms with Gasteiger partial charge in [0.05, 0.1) is 5.69 Å². The zero-order valence-electron chi connectivity index (χ0n) is 21.2. The van der Waals surface area contributed by atoms with Crippen molar-refractivity contribution in [2.75, 3.05) is 32.8 Å². The zero-order valence-corrected chi connectivity index (χ0v) is 21.2. The lowest BCUT2D eigenvalue weighted by molar-refractivity contribution is 0.0402. The van der Waals surface area contributed by atoms with E-state index in [1.54, 1.807) is 12.1 Å². The zero-order chi connectivity index (χ0) is 24.6. The van der Waals surface area contributed by atoms with Gasteiger partial charge in [-0.05, 0) is 80.4 Å². The number of halogens is 1. The highest BCUT2D eigenvalue weighted by Crippen LogP contribution is 2.39. The van der Waals surface area contributed by atoms with Crippen LogP contribution in [0.15, 0.2) is 72.9 Å². The first-order valence-corrected chi connectivity index (χ1v) is 13.5. The van der Waals surface area contributed by atoms with Crippen LogP contribution in [0.1, 0.15) is 48.9 Å². The van der Waals surface area contributed by atoms with Crippen molar-refractivity contribution < 1.29 is 9.13 Å². The van der Waals surface area contributed by atoms with Crippen LogP contribution < -0.4 is 4.74 Å². The topological polar surface area (TPSA) is 28.6 Å². The average molecular weight is 488 g/mol. The van der Waals surface area contributed by atoms with Crippen LogP contribution in [0.25, 0.3) is 0 Å². The molecule has 0 amide bonds. The minimum atomic E-state index is -0.117. The van der Waals surface area contributed by atoms with Crippen LogP contribution in [0.3, 0.4) is 0 Å². The highest BCUT2D eigenvalue weighted by molar-refractivity contribution is 5.33. The molecule has 0 N–H and O–H groups in total. The molecule has 2 aromatic carbocycles. The van der Waals surface area contributed by atoms with E-state index in [4.69, 9.17) is 4.74 Å². The molecule has 1 spiro atoms. The van der Waals surface area contributed by atoms with Crippen LogP contribution in [0.4, 0.5) is 4.39 Å². The standard InChI is InChI=1S/C31H38FN3O/c32-29-13-3-1-11-27(29)23-35-21-22-36-30-14-4-2-9-26(30)10-5-7-15-31(25-35)16-19-34(20-17-31)24-28-12-6-8-18-33-28/h1-4,6,8-9,11-14,18H,5,7,10,15-17,19-25H2. The molecule has 2 aliphatic rings. The number of benzene rings is 2. The van der Waals surface area contributed by atoms with E-state index >= 15 is 0 Å². The molecule has 36 heavy (non-hydrogen) atoms. The molecular formula is C31H38FN3O. The smallest absolute Gasteiger partial charge is 0.127 e. The Morgan fingerprint density at radius 2 is 1.61 bits per heavy atom. The number of hydrogen-bond acceptors (Lipinski definition) is 4. The summed E-state index contributed by atoms with van der Waals surface area (Å²) in [7, 11) is 0. The Hall–Kier alpha value is -2.76. The number of hydrogen-bond donors (Lipinski definition) is 0. The number of rotatable bonds is 4. The Morgan fingerprint density at radius 1 is 0.806 bits per heavy atom. The fourth-order valence-corrected chi connectivity index (χ4v) is 5.90. The Labute approximate surface area is 215 Å². The van der Waals surface area contributed by atoms with Gasteiger partial charge >= 0.3 is 0 Å². The minimum Gasteiger partial charge on any atom is -0.492 e. The predicted octanol–water partition coefficient (Wildman–Crippen LogP) is 6.11. The third-order valence-electron chi connectivity index (χ3n) is 7.98. The van der Waals surface area contributed by atoms with E-state index in [2.05, 4.69) is 51.2 Å². The maximum atomic E-state index is 14.6. The van der Waals surface area contributed by atoms with Crippen molar-refractivity contribution in [2.24, 2.45) is 5.41 Å². The third-order valence-corrected chi connectivity index (χ3v) is 7.98. The van der Waals surface area contributed by atoms with Crippen molar-refractivity contribution in [2.45, 2.75) is 51.6 Å². The van der Waals surface area contributed by atoms with Gasteiger partial charge in [-0.2, -0.15) is 0 Å². The highest BCUT2D eigenvalue weighted by Gasteiger charge is 2.36. The van der Waals surface area contributed by atoms with Crippen LogP contribution in [0, 0.1) is 11.2 Å². The number of pyridine rings is 1. The molecular weight excluding hydrogens is 449 g/mol. The molecule has 4 nitrogen and oxygen atoms in total. The number of piperidine rings is 1. The number of nitrogens with zero attached hydrogens (tertiary/aromatic N) is 3. The summed E-state index contributed by atoms with van der Waals surface area (Å²) in [5, 5.41) is 0.